The zero-order valence-corrected chi connectivity index (χ0v) is 20.8. The van der Waals surface area contributed by atoms with E-state index in [0.29, 0.717) is 0 Å². The molecular weight excluding hydrogens is 374 g/mol. The van der Waals surface area contributed by atoms with Crippen molar-refractivity contribution in [3.63, 3.8) is 0 Å². The van der Waals surface area contributed by atoms with Crippen molar-refractivity contribution in [3.05, 3.63) is 84.0 Å². The van der Waals surface area contributed by atoms with Crippen molar-refractivity contribution in [1.29, 1.82) is 0 Å². The Morgan fingerprint density at radius 1 is 1.00 bits per heavy atom. The molecule has 0 unspecified atom stereocenters. The van der Waals surface area contributed by atoms with E-state index < -0.39 is 0 Å². The molecule has 0 aliphatic carbocycles. The van der Waals surface area contributed by atoms with Crippen molar-refractivity contribution in [2.24, 2.45) is 5.41 Å². The zero-order valence-electron chi connectivity index (χ0n) is 20.8. The van der Waals surface area contributed by atoms with E-state index in [1.807, 2.05) is 12.2 Å². The van der Waals surface area contributed by atoms with E-state index in [-0.39, 0.29) is 5.41 Å². The van der Waals surface area contributed by atoms with Gasteiger partial charge in [0, 0.05) is 19.8 Å². The van der Waals surface area contributed by atoms with E-state index in [9.17, 15) is 0 Å². The minimum Gasteiger partial charge on any atom is -0.377 e. The zero-order chi connectivity index (χ0) is 23.2. The van der Waals surface area contributed by atoms with Crippen molar-refractivity contribution >= 4 is 11.3 Å². The molecule has 0 saturated heterocycles. The summed E-state index contributed by atoms with van der Waals surface area (Å²) in [5.41, 5.74) is 10.9. The molecule has 0 bridgehead atoms. The van der Waals surface area contributed by atoms with Gasteiger partial charge in [0.1, 0.15) is 0 Å². The molecule has 0 saturated carbocycles. The predicted octanol–water partition coefficient (Wildman–Crippen LogP) is 8.41. The van der Waals surface area contributed by atoms with Crippen LogP contribution in [0.25, 0.3) is 16.7 Å². The summed E-state index contributed by atoms with van der Waals surface area (Å²) in [6.07, 6.45) is 10.4. The maximum Gasteiger partial charge on any atom is 0.0402 e. The molecule has 0 spiro atoms. The highest BCUT2D eigenvalue weighted by atomic mass is 15.1. The Morgan fingerprint density at radius 3 is 2.23 bits per heavy atom. The van der Waals surface area contributed by atoms with E-state index in [1.165, 1.54) is 44.6 Å². The summed E-state index contributed by atoms with van der Waals surface area (Å²) >= 11 is 0. The number of aryl methyl sites for hydroxylation is 2. The molecule has 0 N–H and O–H groups in total. The summed E-state index contributed by atoms with van der Waals surface area (Å²) in [5, 5.41) is 0. The number of hydrogen-bond donors (Lipinski definition) is 0. The lowest BCUT2D eigenvalue weighted by molar-refractivity contribution is 0.545. The molecule has 0 aliphatic rings. The Labute approximate surface area is 191 Å². The van der Waals surface area contributed by atoms with Gasteiger partial charge in [-0.1, -0.05) is 63.3 Å². The summed E-state index contributed by atoms with van der Waals surface area (Å²) in [5.74, 6) is 0. The lowest BCUT2D eigenvalue weighted by Crippen LogP contribution is -2.14. The Morgan fingerprint density at radius 2 is 1.65 bits per heavy atom. The first-order valence-corrected chi connectivity index (χ1v) is 11.4. The molecule has 0 heterocycles. The van der Waals surface area contributed by atoms with Crippen LogP contribution in [0.3, 0.4) is 0 Å². The smallest absolute Gasteiger partial charge is 0.0402 e. The largest absolute Gasteiger partial charge is 0.377 e. The van der Waals surface area contributed by atoms with Gasteiger partial charge in [-0.25, -0.2) is 0 Å². The van der Waals surface area contributed by atoms with Crippen molar-refractivity contribution in [2.45, 2.75) is 60.3 Å². The summed E-state index contributed by atoms with van der Waals surface area (Å²) in [6, 6.07) is 11.4. The van der Waals surface area contributed by atoms with Crippen LogP contribution in [-0.2, 0) is 12.8 Å². The van der Waals surface area contributed by atoms with Gasteiger partial charge in [0.15, 0.2) is 0 Å². The Bertz CT molecular complexity index is 951. The predicted molar refractivity (Wildman–Crippen MR) is 141 cm³/mol. The Balaban J connectivity index is 2.88. The molecule has 0 atom stereocenters. The number of anilines is 1. The number of benzene rings is 2. The first-order chi connectivity index (χ1) is 14.6. The van der Waals surface area contributed by atoms with Crippen LogP contribution in [-0.4, -0.2) is 14.1 Å². The normalized spacial score (nSPS) is 12.0. The van der Waals surface area contributed by atoms with Gasteiger partial charge in [-0.3, -0.25) is 0 Å². The first-order valence-electron chi connectivity index (χ1n) is 11.4. The molecule has 31 heavy (non-hydrogen) atoms. The van der Waals surface area contributed by atoms with Gasteiger partial charge in [-0.15, -0.1) is 13.2 Å². The lowest BCUT2D eigenvalue weighted by atomic mass is 9.82. The fraction of sp³-hybridized carbons (Fsp3) is 0.400. The second kappa shape index (κ2) is 10.7. The van der Waals surface area contributed by atoms with Crippen molar-refractivity contribution in [2.75, 3.05) is 19.0 Å². The number of rotatable bonds is 9. The van der Waals surface area contributed by atoms with Crippen LogP contribution < -0.4 is 4.90 Å². The molecule has 2 aromatic carbocycles. The van der Waals surface area contributed by atoms with E-state index in [4.69, 9.17) is 0 Å². The van der Waals surface area contributed by atoms with Gasteiger partial charge in [-0.05, 0) is 90.0 Å². The molecule has 1 nitrogen and oxygen atoms in total. The van der Waals surface area contributed by atoms with Gasteiger partial charge in [0.2, 0.25) is 0 Å². The standard InChI is InChI=1S/C30H41N/c1-10-12-15-24-16-14-17-25(20-24)28-22(3)19-27(31(8)9)26(18-13-11-2)29(28)23(4)21-30(5,6)7/h10-11,14,16-17,19-21H,1-2,12-13,15,18H2,3-9H3/b23-21+. The molecule has 2 aromatic rings. The summed E-state index contributed by atoms with van der Waals surface area (Å²) in [7, 11) is 4.29. The average Bonchev–Trinajstić information content (AvgIpc) is 2.69. The van der Waals surface area contributed by atoms with Crippen LogP contribution in [0.4, 0.5) is 5.69 Å². The minimum atomic E-state index is 0.116. The van der Waals surface area contributed by atoms with Crippen LogP contribution >= 0.6 is 0 Å². The molecular formula is C30H41N. The highest BCUT2D eigenvalue weighted by molar-refractivity contribution is 5.88. The molecule has 0 fully saturated rings. The highest BCUT2D eigenvalue weighted by Crippen LogP contribution is 2.41. The third-order valence-corrected chi connectivity index (χ3v) is 5.59. The Kier molecular flexibility index (Phi) is 8.51. The maximum atomic E-state index is 3.99. The first kappa shape index (κ1) is 24.7. The van der Waals surface area contributed by atoms with Crippen LogP contribution in [0.2, 0.25) is 0 Å². The van der Waals surface area contributed by atoms with Gasteiger partial charge in [-0.2, -0.15) is 0 Å². The fourth-order valence-corrected chi connectivity index (χ4v) is 4.42. The number of nitrogens with zero attached hydrogens (tertiary/aromatic N) is 1. The maximum absolute atomic E-state index is 3.99. The van der Waals surface area contributed by atoms with Crippen LogP contribution in [0.1, 0.15) is 62.8 Å². The monoisotopic (exact) mass is 415 g/mol. The summed E-state index contributed by atoms with van der Waals surface area (Å²) < 4.78 is 0. The van der Waals surface area contributed by atoms with Gasteiger partial charge in [0.25, 0.3) is 0 Å². The fourth-order valence-electron chi connectivity index (χ4n) is 4.42. The van der Waals surface area contributed by atoms with E-state index in [0.717, 1.165) is 25.7 Å². The van der Waals surface area contributed by atoms with Crippen molar-refractivity contribution < 1.29 is 0 Å². The lowest BCUT2D eigenvalue weighted by Gasteiger charge is -2.27. The number of hydrogen-bond acceptors (Lipinski definition) is 1. The quantitative estimate of drug-likeness (QED) is 0.371. The molecule has 0 aromatic heterocycles. The second-order valence-electron chi connectivity index (χ2n) is 9.88. The SMILES string of the molecule is C=CCCc1cccc(-c2c(C)cc(N(C)C)c(CCC=C)c2/C(C)=C/C(C)(C)C)c1. The Hall–Kier alpha value is -2.54. The van der Waals surface area contributed by atoms with Crippen LogP contribution in [0, 0.1) is 12.3 Å². The molecule has 0 radical (unpaired) electrons. The van der Waals surface area contributed by atoms with E-state index in [1.54, 1.807) is 0 Å². The average molecular weight is 416 g/mol. The molecule has 0 aliphatic heterocycles. The molecule has 1 heteroatoms. The van der Waals surface area contributed by atoms with Crippen LogP contribution in [0.15, 0.2) is 61.7 Å². The van der Waals surface area contributed by atoms with E-state index >= 15 is 0 Å². The third-order valence-electron chi connectivity index (χ3n) is 5.59. The molecule has 0 amide bonds. The molecule has 166 valence electrons. The third kappa shape index (κ3) is 6.47. The molecule has 2 rings (SSSR count). The van der Waals surface area contributed by atoms with Crippen molar-refractivity contribution in [1.82, 2.24) is 0 Å². The van der Waals surface area contributed by atoms with Gasteiger partial charge < -0.3 is 4.90 Å². The second-order valence-corrected chi connectivity index (χ2v) is 9.88. The topological polar surface area (TPSA) is 3.24 Å². The number of allylic oxidation sites excluding steroid dienone is 4. The highest BCUT2D eigenvalue weighted by Gasteiger charge is 2.21. The van der Waals surface area contributed by atoms with E-state index in [2.05, 4.69) is 103 Å². The van der Waals surface area contributed by atoms with Crippen LogP contribution in [0.5, 0.6) is 0 Å². The van der Waals surface area contributed by atoms with Gasteiger partial charge >= 0.3 is 0 Å². The summed E-state index contributed by atoms with van der Waals surface area (Å²) in [6.45, 7) is 19.2. The minimum absolute atomic E-state index is 0.116. The summed E-state index contributed by atoms with van der Waals surface area (Å²) in [4.78, 5) is 2.25. The van der Waals surface area contributed by atoms with Gasteiger partial charge in [0.05, 0.1) is 0 Å². The van der Waals surface area contributed by atoms with Crippen molar-refractivity contribution in [3.8, 4) is 11.1 Å².